The van der Waals surface area contributed by atoms with Gasteiger partial charge >= 0.3 is 0 Å². The van der Waals surface area contributed by atoms with Crippen LogP contribution < -0.4 is 5.73 Å². The summed E-state index contributed by atoms with van der Waals surface area (Å²) in [6.45, 7) is 9.26. The van der Waals surface area contributed by atoms with Crippen molar-refractivity contribution >= 4 is 11.8 Å². The maximum atomic E-state index is 12.5. The fraction of sp³-hybridized carbons (Fsp3) is 0.889. The molecule has 2 heterocycles. The van der Waals surface area contributed by atoms with Crippen LogP contribution in [0.3, 0.4) is 0 Å². The largest absolute Gasteiger partial charge is 0.342 e. The lowest BCUT2D eigenvalue weighted by Crippen LogP contribution is -2.55. The van der Waals surface area contributed by atoms with E-state index in [1.165, 1.54) is 12.8 Å². The number of carbonyl (C=O) groups excluding carboxylic acids is 2. The molecule has 0 aromatic rings. The van der Waals surface area contributed by atoms with Gasteiger partial charge in [0.05, 0.1) is 12.6 Å². The lowest BCUT2D eigenvalue weighted by Gasteiger charge is -2.37. The standard InChI is InChI=1S/C18H34N4O2/c1-3-15(2)17(19)18(24)22-12-10-20(11-13-22)14-16(23)21-8-6-4-5-7-9-21/h15,17H,3-14,19H2,1-2H3. The molecule has 0 saturated carbocycles. The van der Waals surface area contributed by atoms with E-state index in [-0.39, 0.29) is 17.7 Å². The molecule has 2 aliphatic rings. The Bertz CT molecular complexity index is 413. The highest BCUT2D eigenvalue weighted by Crippen LogP contribution is 2.13. The van der Waals surface area contributed by atoms with Crippen molar-refractivity contribution in [2.24, 2.45) is 11.7 Å². The van der Waals surface area contributed by atoms with Gasteiger partial charge in [0.2, 0.25) is 11.8 Å². The van der Waals surface area contributed by atoms with Gasteiger partial charge in [-0.1, -0.05) is 33.1 Å². The van der Waals surface area contributed by atoms with Gasteiger partial charge < -0.3 is 15.5 Å². The third-order valence-corrected chi connectivity index (χ3v) is 5.54. The maximum absolute atomic E-state index is 12.5. The first kappa shape index (κ1) is 19.2. The molecular weight excluding hydrogens is 304 g/mol. The van der Waals surface area contributed by atoms with Gasteiger partial charge in [-0.05, 0) is 18.8 Å². The second-order valence-corrected chi connectivity index (χ2v) is 7.31. The third kappa shape index (κ3) is 5.18. The summed E-state index contributed by atoms with van der Waals surface area (Å²) < 4.78 is 0. The van der Waals surface area contributed by atoms with Crippen molar-refractivity contribution in [1.29, 1.82) is 0 Å². The van der Waals surface area contributed by atoms with Crippen LogP contribution in [0.25, 0.3) is 0 Å². The summed E-state index contributed by atoms with van der Waals surface area (Å²) in [6, 6.07) is -0.403. The van der Waals surface area contributed by atoms with Crippen LogP contribution in [0.2, 0.25) is 0 Å². The quantitative estimate of drug-likeness (QED) is 0.809. The van der Waals surface area contributed by atoms with E-state index < -0.39 is 6.04 Å². The smallest absolute Gasteiger partial charge is 0.239 e. The van der Waals surface area contributed by atoms with Gasteiger partial charge in [-0.25, -0.2) is 0 Å². The van der Waals surface area contributed by atoms with Crippen molar-refractivity contribution in [3.63, 3.8) is 0 Å². The van der Waals surface area contributed by atoms with E-state index in [2.05, 4.69) is 11.8 Å². The molecule has 2 amide bonds. The minimum atomic E-state index is -0.403. The molecule has 0 radical (unpaired) electrons. The maximum Gasteiger partial charge on any atom is 0.239 e. The van der Waals surface area contributed by atoms with Gasteiger partial charge in [-0.3, -0.25) is 14.5 Å². The van der Waals surface area contributed by atoms with E-state index in [1.807, 2.05) is 16.7 Å². The number of rotatable bonds is 5. The molecule has 0 aromatic heterocycles. The summed E-state index contributed by atoms with van der Waals surface area (Å²) in [4.78, 5) is 30.9. The van der Waals surface area contributed by atoms with Gasteiger partial charge in [-0.2, -0.15) is 0 Å². The molecule has 6 heteroatoms. The molecule has 2 N–H and O–H groups in total. The molecular formula is C18H34N4O2. The zero-order chi connectivity index (χ0) is 17.5. The molecule has 2 saturated heterocycles. The molecule has 24 heavy (non-hydrogen) atoms. The van der Waals surface area contributed by atoms with Crippen LogP contribution in [0.1, 0.15) is 46.0 Å². The lowest BCUT2D eigenvalue weighted by atomic mass is 9.98. The van der Waals surface area contributed by atoms with Gasteiger partial charge in [0.1, 0.15) is 0 Å². The van der Waals surface area contributed by atoms with Crippen molar-refractivity contribution in [3.8, 4) is 0 Å². The zero-order valence-electron chi connectivity index (χ0n) is 15.4. The topological polar surface area (TPSA) is 69.9 Å². The minimum absolute atomic E-state index is 0.0582. The van der Waals surface area contributed by atoms with Crippen LogP contribution in [0.15, 0.2) is 0 Å². The normalized spacial score (nSPS) is 22.8. The SMILES string of the molecule is CCC(C)C(N)C(=O)N1CCN(CC(=O)N2CCCCCC2)CC1. The Balaban J connectivity index is 1.76. The molecule has 0 spiro atoms. The second kappa shape index (κ2) is 9.37. The predicted molar refractivity (Wildman–Crippen MR) is 95.5 cm³/mol. The average Bonchev–Trinajstić information content (AvgIpc) is 2.90. The minimum Gasteiger partial charge on any atom is -0.342 e. The fourth-order valence-electron chi connectivity index (χ4n) is 3.45. The summed E-state index contributed by atoms with van der Waals surface area (Å²) >= 11 is 0. The average molecular weight is 338 g/mol. The molecule has 2 fully saturated rings. The molecule has 2 unspecified atom stereocenters. The highest BCUT2D eigenvalue weighted by Gasteiger charge is 2.29. The zero-order valence-corrected chi connectivity index (χ0v) is 15.4. The molecule has 2 atom stereocenters. The Morgan fingerprint density at radius 2 is 1.50 bits per heavy atom. The summed E-state index contributed by atoms with van der Waals surface area (Å²) in [5.74, 6) is 0.510. The molecule has 2 rings (SSSR count). The van der Waals surface area contributed by atoms with Crippen LogP contribution in [-0.4, -0.2) is 78.4 Å². The highest BCUT2D eigenvalue weighted by atomic mass is 16.2. The van der Waals surface area contributed by atoms with E-state index in [0.717, 1.165) is 45.4 Å². The Morgan fingerprint density at radius 1 is 0.917 bits per heavy atom. The number of amides is 2. The van der Waals surface area contributed by atoms with Crippen molar-refractivity contribution < 1.29 is 9.59 Å². The molecule has 138 valence electrons. The lowest BCUT2D eigenvalue weighted by molar-refractivity contribution is -0.136. The molecule has 2 aliphatic heterocycles. The van der Waals surface area contributed by atoms with Crippen LogP contribution in [-0.2, 0) is 9.59 Å². The van der Waals surface area contributed by atoms with E-state index in [9.17, 15) is 9.59 Å². The second-order valence-electron chi connectivity index (χ2n) is 7.31. The summed E-state index contributed by atoms with van der Waals surface area (Å²) in [5, 5.41) is 0. The Labute approximate surface area is 146 Å². The number of carbonyl (C=O) groups is 2. The first-order chi connectivity index (χ1) is 11.5. The summed E-state index contributed by atoms with van der Waals surface area (Å²) in [6.07, 6.45) is 5.64. The number of hydrogen-bond donors (Lipinski definition) is 1. The number of piperazine rings is 1. The van der Waals surface area contributed by atoms with Crippen LogP contribution in [0.4, 0.5) is 0 Å². The van der Waals surface area contributed by atoms with Crippen molar-refractivity contribution in [2.75, 3.05) is 45.8 Å². The van der Waals surface area contributed by atoms with Gasteiger partial charge in [0.25, 0.3) is 0 Å². The first-order valence-electron chi connectivity index (χ1n) is 9.57. The molecule has 6 nitrogen and oxygen atoms in total. The van der Waals surface area contributed by atoms with Gasteiger partial charge in [0.15, 0.2) is 0 Å². The Morgan fingerprint density at radius 3 is 2.04 bits per heavy atom. The van der Waals surface area contributed by atoms with E-state index in [1.54, 1.807) is 0 Å². The predicted octanol–water partition coefficient (Wildman–Crippen LogP) is 0.907. The number of nitrogens with two attached hydrogens (primary N) is 1. The first-order valence-corrected chi connectivity index (χ1v) is 9.57. The summed E-state index contributed by atoms with van der Waals surface area (Å²) in [7, 11) is 0. The monoisotopic (exact) mass is 338 g/mol. The van der Waals surface area contributed by atoms with Gasteiger partial charge in [-0.15, -0.1) is 0 Å². The van der Waals surface area contributed by atoms with E-state index >= 15 is 0 Å². The van der Waals surface area contributed by atoms with Gasteiger partial charge in [0, 0.05) is 39.3 Å². The molecule has 0 bridgehead atoms. The third-order valence-electron chi connectivity index (χ3n) is 5.54. The van der Waals surface area contributed by atoms with Crippen LogP contribution in [0.5, 0.6) is 0 Å². The molecule has 0 aromatic carbocycles. The van der Waals surface area contributed by atoms with Crippen molar-refractivity contribution in [1.82, 2.24) is 14.7 Å². The number of likely N-dealkylation sites (tertiary alicyclic amines) is 1. The number of hydrogen-bond acceptors (Lipinski definition) is 4. The highest BCUT2D eigenvalue weighted by molar-refractivity contribution is 5.82. The van der Waals surface area contributed by atoms with Crippen molar-refractivity contribution in [3.05, 3.63) is 0 Å². The fourth-order valence-corrected chi connectivity index (χ4v) is 3.45. The molecule has 0 aliphatic carbocycles. The van der Waals surface area contributed by atoms with Crippen LogP contribution in [0, 0.1) is 5.92 Å². The Kier molecular flexibility index (Phi) is 7.49. The van der Waals surface area contributed by atoms with Crippen LogP contribution >= 0.6 is 0 Å². The summed E-state index contributed by atoms with van der Waals surface area (Å²) in [5.41, 5.74) is 6.06. The number of nitrogens with zero attached hydrogens (tertiary/aromatic N) is 3. The Hall–Kier alpha value is -1.14. The van der Waals surface area contributed by atoms with E-state index in [0.29, 0.717) is 19.6 Å². The van der Waals surface area contributed by atoms with Crippen molar-refractivity contribution in [2.45, 2.75) is 52.0 Å². The van der Waals surface area contributed by atoms with E-state index in [4.69, 9.17) is 5.73 Å².